The summed E-state index contributed by atoms with van der Waals surface area (Å²) >= 11 is 0. The molecule has 1 aliphatic heterocycles. The van der Waals surface area contributed by atoms with E-state index in [-0.39, 0.29) is 0 Å². The summed E-state index contributed by atoms with van der Waals surface area (Å²) in [6, 6.07) is 4.06. The van der Waals surface area contributed by atoms with Gasteiger partial charge >= 0.3 is 0 Å². The van der Waals surface area contributed by atoms with Crippen LogP contribution in [-0.2, 0) is 6.42 Å². The highest BCUT2D eigenvalue weighted by atomic mass is 16.5. The van der Waals surface area contributed by atoms with Crippen molar-refractivity contribution in [3.8, 4) is 5.75 Å². The minimum Gasteiger partial charge on any atom is -0.493 e. The van der Waals surface area contributed by atoms with Crippen LogP contribution in [-0.4, -0.2) is 6.61 Å². The van der Waals surface area contributed by atoms with Gasteiger partial charge in [-0.05, 0) is 17.5 Å². The van der Waals surface area contributed by atoms with Gasteiger partial charge in [0.25, 0.3) is 0 Å². The Labute approximate surface area is 78.7 Å². The highest BCUT2D eigenvalue weighted by Gasteiger charge is 2.19. The molecule has 1 aromatic rings. The monoisotopic (exact) mass is 177 g/mol. The number of fused-ring (bicyclic) bond motifs is 1. The van der Waals surface area contributed by atoms with Crippen LogP contribution < -0.4 is 10.5 Å². The van der Waals surface area contributed by atoms with Crippen molar-refractivity contribution in [2.24, 2.45) is 0 Å². The normalized spacial score (nSPS) is 14.4. The van der Waals surface area contributed by atoms with E-state index in [0.29, 0.717) is 5.92 Å². The van der Waals surface area contributed by atoms with Crippen LogP contribution in [0.15, 0.2) is 12.1 Å². The Morgan fingerprint density at radius 2 is 2.15 bits per heavy atom. The standard InChI is InChI=1S/C11H15NO/c1-7(2)8-3-4-10(12)9-5-6-13-11(8)9/h3-4,7H,5-6,12H2,1-2H3. The van der Waals surface area contributed by atoms with Crippen molar-refractivity contribution in [2.75, 3.05) is 12.3 Å². The molecule has 2 heteroatoms. The molecule has 70 valence electrons. The molecule has 1 aromatic carbocycles. The molecule has 1 heterocycles. The summed E-state index contributed by atoms with van der Waals surface area (Å²) in [7, 11) is 0. The van der Waals surface area contributed by atoms with Crippen molar-refractivity contribution >= 4 is 5.69 Å². The first-order valence-electron chi connectivity index (χ1n) is 4.74. The number of rotatable bonds is 1. The average Bonchev–Trinajstić information content (AvgIpc) is 2.53. The van der Waals surface area contributed by atoms with Gasteiger partial charge in [0.1, 0.15) is 5.75 Å². The lowest BCUT2D eigenvalue weighted by molar-refractivity contribution is 0.352. The highest BCUT2D eigenvalue weighted by molar-refractivity contribution is 5.60. The Morgan fingerprint density at radius 1 is 1.38 bits per heavy atom. The second-order valence-corrected chi connectivity index (χ2v) is 3.80. The zero-order chi connectivity index (χ0) is 9.42. The minimum absolute atomic E-state index is 0.507. The molecule has 13 heavy (non-hydrogen) atoms. The molecular weight excluding hydrogens is 162 g/mol. The van der Waals surface area contributed by atoms with E-state index >= 15 is 0 Å². The topological polar surface area (TPSA) is 35.2 Å². The van der Waals surface area contributed by atoms with Crippen molar-refractivity contribution in [2.45, 2.75) is 26.2 Å². The minimum atomic E-state index is 0.507. The number of benzene rings is 1. The summed E-state index contributed by atoms with van der Waals surface area (Å²) in [6.45, 7) is 5.13. The van der Waals surface area contributed by atoms with Gasteiger partial charge in [-0.25, -0.2) is 0 Å². The van der Waals surface area contributed by atoms with Gasteiger partial charge in [-0.2, -0.15) is 0 Å². The summed E-state index contributed by atoms with van der Waals surface area (Å²) in [5, 5.41) is 0. The lowest BCUT2D eigenvalue weighted by Gasteiger charge is -2.12. The van der Waals surface area contributed by atoms with Crippen LogP contribution in [0.4, 0.5) is 5.69 Å². The molecule has 0 fully saturated rings. The van der Waals surface area contributed by atoms with E-state index in [1.807, 2.05) is 6.07 Å². The summed E-state index contributed by atoms with van der Waals surface area (Å²) in [5.41, 5.74) is 9.21. The van der Waals surface area contributed by atoms with Gasteiger partial charge in [0.15, 0.2) is 0 Å². The van der Waals surface area contributed by atoms with E-state index in [4.69, 9.17) is 10.5 Å². The molecule has 0 saturated carbocycles. The number of ether oxygens (including phenoxy) is 1. The predicted octanol–water partition coefficient (Wildman–Crippen LogP) is 2.33. The molecule has 0 aliphatic carbocycles. The Balaban J connectivity index is 2.56. The third-order valence-corrected chi connectivity index (χ3v) is 2.55. The maximum absolute atomic E-state index is 5.86. The van der Waals surface area contributed by atoms with Gasteiger partial charge in [-0.1, -0.05) is 19.9 Å². The second-order valence-electron chi connectivity index (χ2n) is 3.80. The third kappa shape index (κ3) is 1.26. The van der Waals surface area contributed by atoms with Gasteiger partial charge in [0, 0.05) is 17.7 Å². The Kier molecular flexibility index (Phi) is 1.91. The van der Waals surface area contributed by atoms with Crippen molar-refractivity contribution < 1.29 is 4.74 Å². The van der Waals surface area contributed by atoms with E-state index in [0.717, 1.165) is 24.5 Å². The Bertz CT molecular complexity index is 331. The zero-order valence-electron chi connectivity index (χ0n) is 8.13. The molecule has 0 atom stereocenters. The number of hydrogen-bond acceptors (Lipinski definition) is 2. The molecule has 2 rings (SSSR count). The zero-order valence-corrected chi connectivity index (χ0v) is 8.13. The molecule has 0 aromatic heterocycles. The molecule has 0 radical (unpaired) electrons. The van der Waals surface area contributed by atoms with Gasteiger partial charge in [0.05, 0.1) is 6.61 Å². The van der Waals surface area contributed by atoms with E-state index < -0.39 is 0 Å². The number of nitrogens with two attached hydrogens (primary N) is 1. The van der Waals surface area contributed by atoms with Crippen LogP contribution in [0, 0.1) is 0 Å². The molecule has 1 aliphatic rings. The van der Waals surface area contributed by atoms with Crippen molar-refractivity contribution in [1.82, 2.24) is 0 Å². The third-order valence-electron chi connectivity index (χ3n) is 2.55. The molecule has 2 nitrogen and oxygen atoms in total. The highest BCUT2D eigenvalue weighted by Crippen LogP contribution is 2.37. The van der Waals surface area contributed by atoms with Crippen molar-refractivity contribution in [1.29, 1.82) is 0 Å². The van der Waals surface area contributed by atoms with E-state index in [1.165, 1.54) is 11.1 Å². The van der Waals surface area contributed by atoms with E-state index in [1.54, 1.807) is 0 Å². The molecule has 0 spiro atoms. The quantitative estimate of drug-likeness (QED) is 0.668. The Hall–Kier alpha value is -1.18. The van der Waals surface area contributed by atoms with Crippen LogP contribution in [0.2, 0.25) is 0 Å². The van der Waals surface area contributed by atoms with Crippen LogP contribution in [0.3, 0.4) is 0 Å². The summed E-state index contributed by atoms with van der Waals surface area (Å²) in [6.07, 6.45) is 0.960. The lowest BCUT2D eigenvalue weighted by Crippen LogP contribution is -1.96. The van der Waals surface area contributed by atoms with E-state index in [9.17, 15) is 0 Å². The number of anilines is 1. The maximum Gasteiger partial charge on any atom is 0.128 e. The largest absolute Gasteiger partial charge is 0.493 e. The number of nitrogen functional groups attached to an aromatic ring is 1. The van der Waals surface area contributed by atoms with Gasteiger partial charge < -0.3 is 10.5 Å². The fraction of sp³-hybridized carbons (Fsp3) is 0.455. The van der Waals surface area contributed by atoms with Crippen molar-refractivity contribution in [3.05, 3.63) is 23.3 Å². The Morgan fingerprint density at radius 3 is 2.85 bits per heavy atom. The molecule has 0 amide bonds. The average molecular weight is 177 g/mol. The molecule has 2 N–H and O–H groups in total. The maximum atomic E-state index is 5.86. The summed E-state index contributed by atoms with van der Waals surface area (Å²) in [5.74, 6) is 1.54. The summed E-state index contributed by atoms with van der Waals surface area (Å²) in [4.78, 5) is 0. The van der Waals surface area contributed by atoms with Crippen LogP contribution in [0.1, 0.15) is 30.9 Å². The van der Waals surface area contributed by atoms with Crippen LogP contribution in [0.5, 0.6) is 5.75 Å². The molecule has 0 bridgehead atoms. The molecule has 0 saturated heterocycles. The number of hydrogen-bond donors (Lipinski definition) is 1. The van der Waals surface area contributed by atoms with Gasteiger partial charge in [-0.15, -0.1) is 0 Å². The molecular formula is C11H15NO. The predicted molar refractivity (Wildman–Crippen MR) is 54.1 cm³/mol. The SMILES string of the molecule is CC(C)c1ccc(N)c2c1OCC2. The first kappa shape index (κ1) is 8.42. The first-order chi connectivity index (χ1) is 6.20. The molecule has 0 unspecified atom stereocenters. The fourth-order valence-corrected chi connectivity index (χ4v) is 1.80. The first-order valence-corrected chi connectivity index (χ1v) is 4.74. The van der Waals surface area contributed by atoms with Gasteiger partial charge in [0.2, 0.25) is 0 Å². The van der Waals surface area contributed by atoms with Crippen LogP contribution >= 0.6 is 0 Å². The fourth-order valence-electron chi connectivity index (χ4n) is 1.80. The van der Waals surface area contributed by atoms with Crippen molar-refractivity contribution in [3.63, 3.8) is 0 Å². The lowest BCUT2D eigenvalue weighted by atomic mass is 9.98. The smallest absolute Gasteiger partial charge is 0.128 e. The van der Waals surface area contributed by atoms with Gasteiger partial charge in [-0.3, -0.25) is 0 Å². The second kappa shape index (κ2) is 2.95. The summed E-state index contributed by atoms with van der Waals surface area (Å²) < 4.78 is 5.59. The van der Waals surface area contributed by atoms with Crippen LogP contribution in [0.25, 0.3) is 0 Å². The van der Waals surface area contributed by atoms with E-state index in [2.05, 4.69) is 19.9 Å².